The second-order valence-corrected chi connectivity index (χ2v) is 5.16. The van der Waals surface area contributed by atoms with Crippen molar-refractivity contribution in [1.82, 2.24) is 9.80 Å². The van der Waals surface area contributed by atoms with Crippen LogP contribution in [0.2, 0.25) is 0 Å². The molecule has 2 N–H and O–H groups in total. The number of rotatable bonds is 4. The topological polar surface area (TPSA) is 49.6 Å². The van der Waals surface area contributed by atoms with Crippen molar-refractivity contribution < 1.29 is 4.79 Å². The highest BCUT2D eigenvalue weighted by Crippen LogP contribution is 2.12. The molecule has 1 aliphatic rings. The molecule has 4 nitrogen and oxygen atoms in total. The van der Waals surface area contributed by atoms with E-state index in [0.29, 0.717) is 13.0 Å². The van der Waals surface area contributed by atoms with Gasteiger partial charge in [0.1, 0.15) is 0 Å². The Morgan fingerprint density at radius 1 is 1.16 bits per heavy atom. The van der Waals surface area contributed by atoms with Crippen LogP contribution < -0.4 is 5.73 Å². The predicted molar refractivity (Wildman–Crippen MR) is 76.7 cm³/mol. The van der Waals surface area contributed by atoms with Gasteiger partial charge in [-0.25, -0.2) is 0 Å². The number of hydrogen-bond donors (Lipinski definition) is 1. The van der Waals surface area contributed by atoms with E-state index >= 15 is 0 Å². The largest absolute Gasteiger partial charge is 0.340 e. The fourth-order valence-electron chi connectivity index (χ4n) is 2.46. The van der Waals surface area contributed by atoms with Crippen molar-refractivity contribution in [2.45, 2.75) is 19.4 Å². The van der Waals surface area contributed by atoms with Gasteiger partial charge in [0.15, 0.2) is 0 Å². The standard InChI is InChI=1S/C15H23N3O/c1-17-8-10-18(11-9-17)15(19)7-6-13-4-2-3-5-14(13)12-16/h2-5H,6-12,16H2,1H3. The van der Waals surface area contributed by atoms with E-state index in [-0.39, 0.29) is 5.91 Å². The number of carbonyl (C=O) groups is 1. The molecular formula is C15H23N3O. The van der Waals surface area contributed by atoms with Gasteiger partial charge in [-0.2, -0.15) is 0 Å². The molecule has 0 aromatic heterocycles. The van der Waals surface area contributed by atoms with E-state index in [1.54, 1.807) is 0 Å². The Labute approximate surface area is 115 Å². The van der Waals surface area contributed by atoms with Crippen LogP contribution in [0, 0.1) is 0 Å². The van der Waals surface area contributed by atoms with Crippen molar-refractivity contribution in [3.05, 3.63) is 35.4 Å². The van der Waals surface area contributed by atoms with Crippen molar-refractivity contribution in [3.8, 4) is 0 Å². The highest BCUT2D eigenvalue weighted by Gasteiger charge is 2.18. The molecule has 104 valence electrons. The summed E-state index contributed by atoms with van der Waals surface area (Å²) in [6.45, 7) is 4.21. The van der Waals surface area contributed by atoms with Gasteiger partial charge in [0.2, 0.25) is 5.91 Å². The Kier molecular flexibility index (Phi) is 4.93. The number of aryl methyl sites for hydroxylation is 1. The predicted octanol–water partition coefficient (Wildman–Crippen LogP) is 0.852. The molecule has 19 heavy (non-hydrogen) atoms. The van der Waals surface area contributed by atoms with E-state index in [2.05, 4.69) is 18.0 Å². The SMILES string of the molecule is CN1CCN(C(=O)CCc2ccccc2CN)CC1. The number of nitrogens with two attached hydrogens (primary N) is 1. The monoisotopic (exact) mass is 261 g/mol. The number of likely N-dealkylation sites (N-methyl/N-ethyl adjacent to an activating group) is 1. The van der Waals surface area contributed by atoms with Gasteiger partial charge in [0, 0.05) is 39.1 Å². The smallest absolute Gasteiger partial charge is 0.222 e. The molecule has 1 fully saturated rings. The summed E-state index contributed by atoms with van der Waals surface area (Å²) in [5.41, 5.74) is 8.06. The van der Waals surface area contributed by atoms with Crippen LogP contribution in [0.3, 0.4) is 0 Å². The van der Waals surface area contributed by atoms with E-state index in [9.17, 15) is 4.79 Å². The van der Waals surface area contributed by atoms with Crippen molar-refractivity contribution in [2.75, 3.05) is 33.2 Å². The summed E-state index contributed by atoms with van der Waals surface area (Å²) in [4.78, 5) is 16.4. The summed E-state index contributed by atoms with van der Waals surface area (Å²) in [5, 5.41) is 0. The maximum Gasteiger partial charge on any atom is 0.222 e. The Morgan fingerprint density at radius 2 is 1.79 bits per heavy atom. The summed E-state index contributed by atoms with van der Waals surface area (Å²) in [6.07, 6.45) is 1.37. The minimum Gasteiger partial charge on any atom is -0.340 e. The summed E-state index contributed by atoms with van der Waals surface area (Å²) < 4.78 is 0. The summed E-state index contributed by atoms with van der Waals surface area (Å²) >= 11 is 0. The fraction of sp³-hybridized carbons (Fsp3) is 0.533. The molecule has 1 amide bonds. The number of piperazine rings is 1. The molecule has 0 saturated carbocycles. The van der Waals surface area contributed by atoms with Gasteiger partial charge in [-0.05, 0) is 24.6 Å². The van der Waals surface area contributed by atoms with Gasteiger partial charge in [-0.1, -0.05) is 24.3 Å². The third-order valence-electron chi connectivity index (χ3n) is 3.80. The molecule has 0 aliphatic carbocycles. The van der Waals surface area contributed by atoms with Gasteiger partial charge in [0.25, 0.3) is 0 Å². The van der Waals surface area contributed by atoms with Crippen molar-refractivity contribution in [2.24, 2.45) is 5.73 Å². The molecule has 1 heterocycles. The maximum atomic E-state index is 12.2. The first-order valence-corrected chi connectivity index (χ1v) is 6.94. The van der Waals surface area contributed by atoms with Gasteiger partial charge < -0.3 is 15.5 Å². The molecule has 1 saturated heterocycles. The molecule has 1 aromatic rings. The van der Waals surface area contributed by atoms with Crippen LogP contribution in [0.4, 0.5) is 0 Å². The molecule has 0 bridgehead atoms. The van der Waals surface area contributed by atoms with E-state index in [0.717, 1.165) is 38.2 Å². The van der Waals surface area contributed by atoms with Gasteiger partial charge in [0.05, 0.1) is 0 Å². The van der Waals surface area contributed by atoms with Crippen molar-refractivity contribution in [1.29, 1.82) is 0 Å². The molecule has 0 unspecified atom stereocenters. The minimum absolute atomic E-state index is 0.264. The van der Waals surface area contributed by atoms with Crippen LogP contribution in [0.15, 0.2) is 24.3 Å². The first-order valence-electron chi connectivity index (χ1n) is 6.94. The highest BCUT2D eigenvalue weighted by molar-refractivity contribution is 5.76. The number of carbonyl (C=O) groups excluding carboxylic acids is 1. The first kappa shape index (κ1) is 14.0. The zero-order valence-corrected chi connectivity index (χ0v) is 11.6. The maximum absolute atomic E-state index is 12.2. The van der Waals surface area contributed by atoms with E-state index in [1.165, 1.54) is 5.56 Å². The second-order valence-electron chi connectivity index (χ2n) is 5.16. The molecule has 4 heteroatoms. The molecule has 0 radical (unpaired) electrons. The zero-order valence-electron chi connectivity index (χ0n) is 11.6. The summed E-state index contributed by atoms with van der Waals surface area (Å²) in [5.74, 6) is 0.264. The zero-order chi connectivity index (χ0) is 13.7. The summed E-state index contributed by atoms with van der Waals surface area (Å²) in [7, 11) is 2.10. The first-order chi connectivity index (χ1) is 9.20. The average Bonchev–Trinajstić information content (AvgIpc) is 2.45. The normalized spacial score (nSPS) is 16.6. The third-order valence-corrected chi connectivity index (χ3v) is 3.80. The Bertz CT molecular complexity index is 425. The quantitative estimate of drug-likeness (QED) is 0.874. The average molecular weight is 261 g/mol. The Morgan fingerprint density at radius 3 is 2.42 bits per heavy atom. The fourth-order valence-corrected chi connectivity index (χ4v) is 2.46. The van der Waals surface area contributed by atoms with Gasteiger partial charge >= 0.3 is 0 Å². The lowest BCUT2D eigenvalue weighted by Gasteiger charge is -2.32. The number of benzene rings is 1. The Hall–Kier alpha value is -1.39. The third kappa shape index (κ3) is 3.78. The van der Waals surface area contributed by atoms with E-state index in [4.69, 9.17) is 5.73 Å². The lowest BCUT2D eigenvalue weighted by Crippen LogP contribution is -2.47. The Balaban J connectivity index is 1.86. The van der Waals surface area contributed by atoms with Crippen LogP contribution in [-0.4, -0.2) is 48.9 Å². The van der Waals surface area contributed by atoms with Gasteiger partial charge in [-0.15, -0.1) is 0 Å². The van der Waals surface area contributed by atoms with E-state index in [1.807, 2.05) is 23.1 Å². The molecule has 0 atom stereocenters. The second kappa shape index (κ2) is 6.68. The highest BCUT2D eigenvalue weighted by atomic mass is 16.2. The van der Waals surface area contributed by atoms with Crippen LogP contribution in [0.5, 0.6) is 0 Å². The number of amides is 1. The molecule has 2 rings (SSSR count). The van der Waals surface area contributed by atoms with Crippen LogP contribution in [0.25, 0.3) is 0 Å². The number of nitrogens with zero attached hydrogens (tertiary/aromatic N) is 2. The molecule has 1 aromatic carbocycles. The van der Waals surface area contributed by atoms with Crippen molar-refractivity contribution in [3.63, 3.8) is 0 Å². The molecular weight excluding hydrogens is 238 g/mol. The minimum atomic E-state index is 0.264. The van der Waals surface area contributed by atoms with Crippen LogP contribution >= 0.6 is 0 Å². The van der Waals surface area contributed by atoms with E-state index < -0.39 is 0 Å². The lowest BCUT2D eigenvalue weighted by molar-refractivity contribution is -0.132. The number of hydrogen-bond acceptors (Lipinski definition) is 3. The van der Waals surface area contributed by atoms with Crippen LogP contribution in [-0.2, 0) is 17.8 Å². The molecule has 1 aliphatic heterocycles. The lowest BCUT2D eigenvalue weighted by atomic mass is 10.0. The van der Waals surface area contributed by atoms with Crippen molar-refractivity contribution >= 4 is 5.91 Å². The van der Waals surface area contributed by atoms with Gasteiger partial charge in [-0.3, -0.25) is 4.79 Å². The van der Waals surface area contributed by atoms with Crippen LogP contribution in [0.1, 0.15) is 17.5 Å². The summed E-state index contributed by atoms with van der Waals surface area (Å²) in [6, 6.07) is 8.11. The molecule has 0 spiro atoms.